The van der Waals surface area contributed by atoms with Crippen LogP contribution in [0.4, 0.5) is 0 Å². The molecule has 0 radical (unpaired) electrons. The van der Waals surface area contributed by atoms with Gasteiger partial charge in [0.05, 0.1) is 32.2 Å². The molecule has 0 bridgehead atoms. The van der Waals surface area contributed by atoms with Crippen LogP contribution in [0.25, 0.3) is 0 Å². The number of hydrogen-bond acceptors (Lipinski definition) is 7. The van der Waals surface area contributed by atoms with Gasteiger partial charge in [-0.2, -0.15) is 0 Å². The lowest BCUT2D eigenvalue weighted by atomic mass is 9.97. The molecule has 0 saturated carbocycles. The van der Waals surface area contributed by atoms with Gasteiger partial charge in [0.25, 0.3) is 0 Å². The molecule has 1 saturated heterocycles. The quantitative estimate of drug-likeness (QED) is 0.190. The Kier molecular flexibility index (Phi) is 12.5. The van der Waals surface area contributed by atoms with Crippen molar-refractivity contribution in [1.82, 2.24) is 20.4 Å². The molecular weight excluding hydrogens is 560 g/mol. The van der Waals surface area contributed by atoms with Crippen LogP contribution in [0.3, 0.4) is 0 Å². The second-order valence-electron chi connectivity index (χ2n) is 11.8. The lowest BCUT2D eigenvalue weighted by Crippen LogP contribution is -2.57. The van der Waals surface area contributed by atoms with Gasteiger partial charge in [0, 0.05) is 25.0 Å². The molecule has 238 valence electrons. The normalized spacial score (nSPS) is 15.6. The molecule has 3 amide bonds. The highest BCUT2D eigenvalue weighted by molar-refractivity contribution is 5.92. The maximum atomic E-state index is 13.9. The maximum Gasteiger partial charge on any atom is 0.250 e. The Bertz CT molecular complexity index is 1280. The number of amides is 3. The zero-order valence-electron chi connectivity index (χ0n) is 26.3. The molecule has 44 heavy (non-hydrogen) atoms. The Hall–Kier alpha value is -4.22. The minimum atomic E-state index is -1.21. The summed E-state index contributed by atoms with van der Waals surface area (Å²) in [4.78, 5) is 43.3. The molecule has 1 aliphatic heterocycles. The molecule has 11 nitrogen and oxygen atoms in total. The minimum absolute atomic E-state index is 0.0928. The van der Waals surface area contributed by atoms with Gasteiger partial charge >= 0.3 is 0 Å². The van der Waals surface area contributed by atoms with Crippen LogP contribution in [-0.2, 0) is 25.7 Å². The van der Waals surface area contributed by atoms with E-state index in [-0.39, 0.29) is 19.1 Å². The zero-order chi connectivity index (χ0) is 32.3. The molecule has 5 N–H and O–H groups in total. The molecule has 0 aliphatic carbocycles. The number of carbonyl (C=O) groups is 3. The Morgan fingerprint density at radius 3 is 2.32 bits per heavy atom. The Labute approximate surface area is 260 Å². The summed E-state index contributed by atoms with van der Waals surface area (Å²) in [6, 6.07) is 14.8. The van der Waals surface area contributed by atoms with Gasteiger partial charge in [-0.1, -0.05) is 49.4 Å². The molecular formula is C33H46N6O5. The SMILES string of the molecule is COc1ccc(C(C(=O)N2CCC(C)CC2)N(C=N)/C=C(\C)NC(=O)C(COCc2ccccc2)NC(=O)C(C)(C)N)cc1. The highest BCUT2D eigenvalue weighted by atomic mass is 16.5. The van der Waals surface area contributed by atoms with Gasteiger partial charge < -0.3 is 35.6 Å². The number of rotatable bonds is 14. The van der Waals surface area contributed by atoms with E-state index in [1.165, 1.54) is 4.90 Å². The van der Waals surface area contributed by atoms with Crippen molar-refractivity contribution < 1.29 is 23.9 Å². The second-order valence-corrected chi connectivity index (χ2v) is 11.8. The Morgan fingerprint density at radius 2 is 1.75 bits per heavy atom. The lowest BCUT2D eigenvalue weighted by molar-refractivity contribution is -0.136. The molecule has 2 aromatic rings. The summed E-state index contributed by atoms with van der Waals surface area (Å²) >= 11 is 0. The summed E-state index contributed by atoms with van der Waals surface area (Å²) in [5.41, 5.74) is 6.72. The molecule has 1 aliphatic rings. The zero-order valence-corrected chi connectivity index (χ0v) is 26.3. The molecule has 3 rings (SSSR count). The molecule has 1 heterocycles. The molecule has 2 atom stereocenters. The number of nitrogens with one attached hydrogen (secondary N) is 3. The van der Waals surface area contributed by atoms with Crippen molar-refractivity contribution in [2.45, 2.75) is 64.8 Å². The van der Waals surface area contributed by atoms with Gasteiger partial charge in [0.15, 0.2) is 0 Å². The number of methoxy groups -OCH3 is 1. The summed E-state index contributed by atoms with van der Waals surface area (Å²) in [6.07, 6.45) is 4.43. The van der Waals surface area contributed by atoms with E-state index in [9.17, 15) is 14.4 Å². The predicted octanol–water partition coefficient (Wildman–Crippen LogP) is 3.32. The van der Waals surface area contributed by atoms with Crippen LogP contribution in [0.1, 0.15) is 57.7 Å². The number of benzene rings is 2. The number of hydrogen-bond donors (Lipinski definition) is 4. The number of likely N-dealkylation sites (tertiary alicyclic amines) is 1. The van der Waals surface area contributed by atoms with Gasteiger partial charge in [-0.25, -0.2) is 0 Å². The van der Waals surface area contributed by atoms with Crippen LogP contribution < -0.4 is 21.1 Å². The second kappa shape index (κ2) is 16.0. The van der Waals surface area contributed by atoms with Crippen molar-refractivity contribution in [3.05, 3.63) is 77.6 Å². The van der Waals surface area contributed by atoms with E-state index in [0.717, 1.165) is 24.7 Å². The van der Waals surface area contributed by atoms with Crippen molar-refractivity contribution in [3.8, 4) is 5.75 Å². The highest BCUT2D eigenvalue weighted by Crippen LogP contribution is 2.28. The first-order chi connectivity index (χ1) is 20.9. The van der Waals surface area contributed by atoms with Crippen LogP contribution in [0, 0.1) is 11.3 Å². The first-order valence-electron chi connectivity index (χ1n) is 14.8. The third-order valence-electron chi connectivity index (χ3n) is 7.47. The van der Waals surface area contributed by atoms with Crippen LogP contribution in [0.5, 0.6) is 5.75 Å². The first kappa shape index (κ1) is 34.3. The number of nitrogens with zero attached hydrogens (tertiary/aromatic N) is 2. The van der Waals surface area contributed by atoms with Gasteiger partial charge in [0.1, 0.15) is 17.8 Å². The minimum Gasteiger partial charge on any atom is -0.497 e. The van der Waals surface area contributed by atoms with Gasteiger partial charge in [-0.05, 0) is 62.8 Å². The molecule has 0 aromatic heterocycles. The largest absolute Gasteiger partial charge is 0.497 e. The van der Waals surface area contributed by atoms with E-state index in [2.05, 4.69) is 17.6 Å². The highest BCUT2D eigenvalue weighted by Gasteiger charge is 2.32. The fourth-order valence-corrected chi connectivity index (χ4v) is 4.75. The fraction of sp³-hybridized carbons (Fsp3) is 0.455. The van der Waals surface area contributed by atoms with E-state index >= 15 is 0 Å². The summed E-state index contributed by atoms with van der Waals surface area (Å²) in [5, 5.41) is 13.7. The molecule has 2 aromatic carbocycles. The van der Waals surface area contributed by atoms with Crippen LogP contribution in [0.2, 0.25) is 0 Å². The third kappa shape index (κ3) is 9.92. The number of allylic oxidation sites excluding steroid dienone is 1. The van der Waals surface area contributed by atoms with Crippen molar-refractivity contribution in [2.75, 3.05) is 26.8 Å². The van der Waals surface area contributed by atoms with Crippen LogP contribution in [-0.4, -0.2) is 72.2 Å². The summed E-state index contributed by atoms with van der Waals surface area (Å²) < 4.78 is 11.1. The number of piperidine rings is 1. The standard InChI is InChI=1S/C33H46N6O5/c1-23-15-17-38(18-16-23)31(41)29(26-11-13-27(43-5)14-12-26)39(22-34)19-24(2)36-30(40)28(37-32(42)33(3,4)35)21-44-20-25-9-7-6-8-10-25/h6-14,19,22-23,28-29,34H,15-18,20-21,35H2,1-5H3,(H,36,40)(H,37,42)/b24-19+,34-22?. The first-order valence-corrected chi connectivity index (χ1v) is 14.8. The number of carbonyl (C=O) groups excluding carboxylic acids is 3. The third-order valence-corrected chi connectivity index (χ3v) is 7.47. The van der Waals surface area contributed by atoms with Crippen LogP contribution in [0.15, 0.2) is 66.5 Å². The lowest BCUT2D eigenvalue weighted by Gasteiger charge is -2.36. The van der Waals surface area contributed by atoms with Crippen LogP contribution >= 0.6 is 0 Å². The average Bonchev–Trinajstić information content (AvgIpc) is 3.00. The average molecular weight is 607 g/mol. The molecule has 0 spiro atoms. The summed E-state index contributed by atoms with van der Waals surface area (Å²) in [5.74, 6) is 0.0296. The van der Waals surface area contributed by atoms with Crippen molar-refractivity contribution >= 4 is 24.1 Å². The topological polar surface area (TPSA) is 150 Å². The molecule has 1 fully saturated rings. The van der Waals surface area contributed by atoms with Gasteiger partial charge in [-0.3, -0.25) is 19.8 Å². The predicted molar refractivity (Wildman–Crippen MR) is 170 cm³/mol. The summed E-state index contributed by atoms with van der Waals surface area (Å²) in [6.45, 7) is 8.37. The Balaban J connectivity index is 1.81. The number of ether oxygens (including phenoxy) is 2. The van der Waals surface area contributed by atoms with Gasteiger partial charge in [0.2, 0.25) is 17.7 Å². The fourth-order valence-electron chi connectivity index (χ4n) is 4.75. The van der Waals surface area contributed by atoms with Crippen molar-refractivity contribution in [3.63, 3.8) is 0 Å². The number of nitrogens with two attached hydrogens (primary N) is 1. The Morgan fingerprint density at radius 1 is 1.11 bits per heavy atom. The van der Waals surface area contributed by atoms with Crippen molar-refractivity contribution in [2.24, 2.45) is 11.7 Å². The van der Waals surface area contributed by atoms with E-state index in [4.69, 9.17) is 20.6 Å². The maximum absolute atomic E-state index is 13.9. The van der Waals surface area contributed by atoms with E-state index in [1.54, 1.807) is 58.3 Å². The van der Waals surface area contributed by atoms with E-state index in [0.29, 0.717) is 36.0 Å². The molecule has 2 unspecified atom stereocenters. The smallest absolute Gasteiger partial charge is 0.250 e. The van der Waals surface area contributed by atoms with Crippen molar-refractivity contribution in [1.29, 1.82) is 5.41 Å². The van der Waals surface area contributed by atoms with Gasteiger partial charge in [-0.15, -0.1) is 0 Å². The van der Waals surface area contributed by atoms with E-state index in [1.807, 2.05) is 35.2 Å². The molecule has 11 heteroatoms. The summed E-state index contributed by atoms with van der Waals surface area (Å²) in [7, 11) is 1.57. The van der Waals surface area contributed by atoms with E-state index < -0.39 is 29.4 Å². The monoisotopic (exact) mass is 606 g/mol.